The van der Waals surface area contributed by atoms with Crippen LogP contribution in [0.1, 0.15) is 11.6 Å². The zero-order valence-corrected chi connectivity index (χ0v) is 10.2. The minimum Gasteiger partial charge on any atom is -0.329 e. The van der Waals surface area contributed by atoms with Crippen molar-refractivity contribution in [2.24, 2.45) is 12.8 Å². The predicted molar refractivity (Wildman–Crippen MR) is 69.9 cm³/mol. The van der Waals surface area contributed by atoms with Gasteiger partial charge in [-0.25, -0.2) is 4.98 Å². The number of hydrogen-bond acceptors (Lipinski definition) is 3. The maximum absolute atomic E-state index is 6.19. The van der Waals surface area contributed by atoms with Crippen LogP contribution in [0.15, 0.2) is 43.0 Å². The zero-order chi connectivity index (χ0) is 12.5. The van der Waals surface area contributed by atoms with Crippen LogP contribution in [0.4, 0.5) is 0 Å². The Kier molecular flexibility index (Phi) is 2.60. The molecule has 2 N–H and O–H groups in total. The van der Waals surface area contributed by atoms with E-state index in [9.17, 15) is 0 Å². The summed E-state index contributed by atoms with van der Waals surface area (Å²) in [5.74, 6) is 0. The van der Waals surface area contributed by atoms with Crippen molar-refractivity contribution in [1.29, 1.82) is 0 Å². The SMILES string of the molecule is Cn1cc(C(N)Cn2cnc3ccccc32)cn1. The lowest BCUT2D eigenvalue weighted by Gasteiger charge is -2.11. The van der Waals surface area contributed by atoms with Crippen molar-refractivity contribution in [1.82, 2.24) is 19.3 Å². The van der Waals surface area contributed by atoms with Crippen LogP contribution in [0.25, 0.3) is 11.0 Å². The van der Waals surface area contributed by atoms with Gasteiger partial charge in [-0.2, -0.15) is 5.10 Å². The van der Waals surface area contributed by atoms with Crippen LogP contribution in [-0.2, 0) is 13.6 Å². The number of para-hydroxylation sites is 2. The highest BCUT2D eigenvalue weighted by Gasteiger charge is 2.10. The highest BCUT2D eigenvalue weighted by molar-refractivity contribution is 5.74. The molecule has 18 heavy (non-hydrogen) atoms. The van der Waals surface area contributed by atoms with E-state index in [4.69, 9.17) is 5.73 Å². The van der Waals surface area contributed by atoms with Crippen LogP contribution in [0.3, 0.4) is 0 Å². The molecule has 0 amide bonds. The van der Waals surface area contributed by atoms with Crippen molar-refractivity contribution in [2.75, 3.05) is 0 Å². The molecule has 0 radical (unpaired) electrons. The standard InChI is InChI=1S/C13H15N5/c1-17-7-10(6-16-17)11(14)8-18-9-15-12-4-2-3-5-13(12)18/h2-7,9,11H,8,14H2,1H3. The number of rotatable bonds is 3. The third kappa shape index (κ3) is 1.89. The molecule has 5 heteroatoms. The van der Waals surface area contributed by atoms with E-state index in [1.165, 1.54) is 0 Å². The molecular formula is C13H15N5. The van der Waals surface area contributed by atoms with Crippen LogP contribution >= 0.6 is 0 Å². The fourth-order valence-electron chi connectivity index (χ4n) is 2.10. The molecular weight excluding hydrogens is 226 g/mol. The lowest BCUT2D eigenvalue weighted by atomic mass is 10.2. The van der Waals surface area contributed by atoms with Crippen molar-refractivity contribution in [3.8, 4) is 0 Å². The monoisotopic (exact) mass is 241 g/mol. The molecule has 0 aliphatic rings. The van der Waals surface area contributed by atoms with Gasteiger partial charge in [0.1, 0.15) is 0 Å². The summed E-state index contributed by atoms with van der Waals surface area (Å²) >= 11 is 0. The number of imidazole rings is 1. The van der Waals surface area contributed by atoms with Gasteiger partial charge >= 0.3 is 0 Å². The first kappa shape index (κ1) is 11.0. The predicted octanol–water partition coefficient (Wildman–Crippen LogP) is 1.47. The largest absolute Gasteiger partial charge is 0.329 e. The van der Waals surface area contributed by atoms with E-state index in [2.05, 4.69) is 20.7 Å². The molecule has 0 bridgehead atoms. The van der Waals surface area contributed by atoms with Gasteiger partial charge in [-0.3, -0.25) is 4.68 Å². The molecule has 0 saturated carbocycles. The van der Waals surface area contributed by atoms with Crippen LogP contribution < -0.4 is 5.73 Å². The molecule has 0 saturated heterocycles. The molecule has 0 fully saturated rings. The van der Waals surface area contributed by atoms with Crippen LogP contribution in [0.2, 0.25) is 0 Å². The van der Waals surface area contributed by atoms with Gasteiger partial charge in [0.05, 0.1) is 29.6 Å². The summed E-state index contributed by atoms with van der Waals surface area (Å²) in [5.41, 5.74) is 9.33. The smallest absolute Gasteiger partial charge is 0.0958 e. The molecule has 0 spiro atoms. The second-order valence-corrected chi connectivity index (χ2v) is 4.44. The second kappa shape index (κ2) is 4.27. The maximum atomic E-state index is 6.19. The summed E-state index contributed by atoms with van der Waals surface area (Å²) in [6.45, 7) is 0.701. The summed E-state index contributed by atoms with van der Waals surface area (Å²) in [7, 11) is 1.89. The maximum Gasteiger partial charge on any atom is 0.0958 e. The number of aryl methyl sites for hydroxylation is 1. The van der Waals surface area contributed by atoms with Gasteiger partial charge in [-0.15, -0.1) is 0 Å². The van der Waals surface area contributed by atoms with E-state index in [1.54, 1.807) is 4.68 Å². The molecule has 5 nitrogen and oxygen atoms in total. The summed E-state index contributed by atoms with van der Waals surface area (Å²) in [6.07, 6.45) is 5.59. The Morgan fingerprint density at radius 3 is 2.94 bits per heavy atom. The first-order chi connectivity index (χ1) is 8.74. The average molecular weight is 241 g/mol. The topological polar surface area (TPSA) is 61.7 Å². The molecule has 1 unspecified atom stereocenters. The van der Waals surface area contributed by atoms with Crippen molar-refractivity contribution in [3.05, 3.63) is 48.5 Å². The van der Waals surface area contributed by atoms with Gasteiger partial charge in [0.25, 0.3) is 0 Å². The number of nitrogens with two attached hydrogens (primary N) is 1. The van der Waals surface area contributed by atoms with Crippen molar-refractivity contribution in [3.63, 3.8) is 0 Å². The lowest BCUT2D eigenvalue weighted by Crippen LogP contribution is -2.16. The van der Waals surface area contributed by atoms with E-state index < -0.39 is 0 Å². The average Bonchev–Trinajstić information content (AvgIpc) is 2.97. The Morgan fingerprint density at radius 1 is 1.33 bits per heavy atom. The van der Waals surface area contributed by atoms with E-state index in [-0.39, 0.29) is 6.04 Å². The number of fused-ring (bicyclic) bond motifs is 1. The van der Waals surface area contributed by atoms with Gasteiger partial charge in [0.2, 0.25) is 0 Å². The first-order valence-electron chi connectivity index (χ1n) is 5.88. The Balaban J connectivity index is 1.88. The highest BCUT2D eigenvalue weighted by Crippen LogP contribution is 2.16. The van der Waals surface area contributed by atoms with Gasteiger partial charge in [0, 0.05) is 25.4 Å². The number of nitrogens with zero attached hydrogens (tertiary/aromatic N) is 4. The fraction of sp³-hybridized carbons (Fsp3) is 0.231. The van der Waals surface area contributed by atoms with Crippen LogP contribution in [0.5, 0.6) is 0 Å². The Morgan fingerprint density at radius 2 is 2.17 bits per heavy atom. The Bertz CT molecular complexity index is 667. The van der Waals surface area contributed by atoms with Crippen molar-refractivity contribution >= 4 is 11.0 Å². The minimum atomic E-state index is -0.0729. The molecule has 2 heterocycles. The van der Waals surface area contributed by atoms with E-state index in [0.717, 1.165) is 16.6 Å². The summed E-state index contributed by atoms with van der Waals surface area (Å²) in [5, 5.41) is 4.14. The number of hydrogen-bond donors (Lipinski definition) is 1. The molecule has 3 aromatic rings. The summed E-state index contributed by atoms with van der Waals surface area (Å²) in [4.78, 5) is 4.36. The molecule has 1 atom stereocenters. The number of benzene rings is 1. The summed E-state index contributed by atoms with van der Waals surface area (Å²) < 4.78 is 3.84. The van der Waals surface area contributed by atoms with Crippen LogP contribution in [0, 0.1) is 0 Å². The zero-order valence-electron chi connectivity index (χ0n) is 10.2. The summed E-state index contributed by atoms with van der Waals surface area (Å²) in [6, 6.07) is 7.98. The van der Waals surface area contributed by atoms with Gasteiger partial charge < -0.3 is 10.3 Å². The normalized spacial score (nSPS) is 13.0. The van der Waals surface area contributed by atoms with Gasteiger partial charge in [-0.1, -0.05) is 12.1 Å². The quantitative estimate of drug-likeness (QED) is 0.755. The number of aromatic nitrogens is 4. The molecule has 92 valence electrons. The lowest BCUT2D eigenvalue weighted by molar-refractivity contribution is 0.588. The van der Waals surface area contributed by atoms with E-state index in [1.807, 2.05) is 44.0 Å². The second-order valence-electron chi connectivity index (χ2n) is 4.44. The third-order valence-corrected chi connectivity index (χ3v) is 3.07. The minimum absolute atomic E-state index is 0.0729. The van der Waals surface area contributed by atoms with E-state index in [0.29, 0.717) is 6.54 Å². The molecule has 0 aliphatic carbocycles. The van der Waals surface area contributed by atoms with Crippen molar-refractivity contribution in [2.45, 2.75) is 12.6 Å². The van der Waals surface area contributed by atoms with Crippen LogP contribution in [-0.4, -0.2) is 19.3 Å². The molecule has 0 aliphatic heterocycles. The van der Waals surface area contributed by atoms with E-state index >= 15 is 0 Å². The first-order valence-corrected chi connectivity index (χ1v) is 5.88. The van der Waals surface area contributed by atoms with Gasteiger partial charge in [0.15, 0.2) is 0 Å². The third-order valence-electron chi connectivity index (χ3n) is 3.07. The van der Waals surface area contributed by atoms with Crippen molar-refractivity contribution < 1.29 is 0 Å². The Hall–Kier alpha value is -2.14. The molecule has 2 aromatic heterocycles. The molecule has 1 aromatic carbocycles. The Labute approximate surface area is 105 Å². The fourth-order valence-corrected chi connectivity index (χ4v) is 2.10. The highest BCUT2D eigenvalue weighted by atomic mass is 15.2. The van der Waals surface area contributed by atoms with Gasteiger partial charge in [-0.05, 0) is 12.1 Å². The molecule has 3 rings (SSSR count).